The van der Waals surface area contributed by atoms with Crippen molar-refractivity contribution < 1.29 is 9.50 Å². The molecular formula is C12H16FNO. The van der Waals surface area contributed by atoms with Gasteiger partial charge in [-0.2, -0.15) is 0 Å². The molecule has 0 spiro atoms. The number of aromatic hydroxyl groups is 1. The number of hydrogen-bond donors (Lipinski definition) is 2. The number of aryl methyl sites for hydroxylation is 1. The number of phenols is 1. The average molecular weight is 209 g/mol. The van der Waals surface area contributed by atoms with Crippen LogP contribution in [0.25, 0.3) is 0 Å². The van der Waals surface area contributed by atoms with Gasteiger partial charge in [0.15, 0.2) is 0 Å². The number of nitrogens with one attached hydrogen (secondary N) is 1. The minimum Gasteiger partial charge on any atom is -0.508 e. The first-order chi connectivity index (χ1) is 7.18. The van der Waals surface area contributed by atoms with Gasteiger partial charge in [-0.3, -0.25) is 0 Å². The first kappa shape index (κ1) is 10.4. The fourth-order valence-electron chi connectivity index (χ4n) is 2.08. The van der Waals surface area contributed by atoms with E-state index in [0.29, 0.717) is 11.1 Å². The molecule has 1 aromatic rings. The smallest absolute Gasteiger partial charge is 0.126 e. The predicted octanol–water partition coefficient (Wildman–Crippen LogP) is 2.65. The summed E-state index contributed by atoms with van der Waals surface area (Å²) in [5.74, 6) is -0.0385. The lowest BCUT2D eigenvalue weighted by Gasteiger charge is -2.24. The van der Waals surface area contributed by atoms with Gasteiger partial charge in [-0.1, -0.05) is 6.42 Å². The van der Waals surface area contributed by atoms with E-state index in [2.05, 4.69) is 5.32 Å². The second kappa shape index (κ2) is 4.19. The van der Waals surface area contributed by atoms with Crippen molar-refractivity contribution >= 4 is 0 Å². The molecule has 1 fully saturated rings. The Bertz CT molecular complexity index is 359. The molecule has 0 aliphatic carbocycles. The molecule has 3 heteroatoms. The Labute approximate surface area is 89.1 Å². The summed E-state index contributed by atoms with van der Waals surface area (Å²) in [7, 11) is 0. The van der Waals surface area contributed by atoms with Crippen LogP contribution in [0.15, 0.2) is 12.1 Å². The van der Waals surface area contributed by atoms with Crippen molar-refractivity contribution in [1.82, 2.24) is 5.32 Å². The first-order valence-corrected chi connectivity index (χ1v) is 5.41. The molecule has 0 bridgehead atoms. The van der Waals surface area contributed by atoms with E-state index in [4.69, 9.17) is 0 Å². The fraction of sp³-hybridized carbons (Fsp3) is 0.500. The van der Waals surface area contributed by atoms with Crippen molar-refractivity contribution in [2.24, 2.45) is 0 Å². The van der Waals surface area contributed by atoms with Crippen LogP contribution in [-0.4, -0.2) is 11.7 Å². The van der Waals surface area contributed by atoms with Crippen molar-refractivity contribution in [3.8, 4) is 5.75 Å². The maximum atomic E-state index is 13.4. The lowest BCUT2D eigenvalue weighted by atomic mass is 9.96. The van der Waals surface area contributed by atoms with Crippen molar-refractivity contribution in [3.63, 3.8) is 0 Å². The molecule has 1 aliphatic rings. The maximum absolute atomic E-state index is 13.4. The van der Waals surface area contributed by atoms with Crippen LogP contribution in [-0.2, 0) is 0 Å². The molecule has 15 heavy (non-hydrogen) atoms. The Hall–Kier alpha value is -1.09. The molecule has 2 N–H and O–H groups in total. The lowest BCUT2D eigenvalue weighted by Crippen LogP contribution is -2.26. The van der Waals surface area contributed by atoms with Gasteiger partial charge in [0, 0.05) is 11.6 Å². The highest BCUT2D eigenvalue weighted by Crippen LogP contribution is 2.31. The van der Waals surface area contributed by atoms with E-state index in [0.717, 1.165) is 25.8 Å². The van der Waals surface area contributed by atoms with E-state index >= 15 is 0 Å². The topological polar surface area (TPSA) is 32.3 Å². The van der Waals surface area contributed by atoms with Gasteiger partial charge in [0.2, 0.25) is 0 Å². The van der Waals surface area contributed by atoms with Gasteiger partial charge < -0.3 is 10.4 Å². The molecule has 1 heterocycles. The molecule has 2 nitrogen and oxygen atoms in total. The monoisotopic (exact) mass is 209 g/mol. The standard InChI is InChI=1S/C12H16FNO/c1-8-6-12(15)9(7-10(8)13)11-4-2-3-5-14-11/h6-7,11,14-15H,2-5H2,1H3. The fourth-order valence-corrected chi connectivity index (χ4v) is 2.08. The van der Waals surface area contributed by atoms with Crippen LogP contribution < -0.4 is 5.32 Å². The van der Waals surface area contributed by atoms with Crippen LogP contribution in [0, 0.1) is 12.7 Å². The SMILES string of the molecule is Cc1cc(O)c(C2CCCCN2)cc1F. The Balaban J connectivity index is 2.30. The van der Waals surface area contributed by atoms with Crippen molar-refractivity contribution in [3.05, 3.63) is 29.1 Å². The Morgan fingerprint density at radius 2 is 2.20 bits per heavy atom. The molecule has 1 atom stereocenters. The van der Waals surface area contributed by atoms with E-state index in [1.807, 2.05) is 0 Å². The zero-order valence-electron chi connectivity index (χ0n) is 8.89. The summed E-state index contributed by atoms with van der Waals surface area (Å²) in [5, 5.41) is 13.1. The van der Waals surface area contributed by atoms with Gasteiger partial charge in [0.05, 0.1) is 0 Å². The largest absolute Gasteiger partial charge is 0.508 e. The number of benzene rings is 1. The van der Waals surface area contributed by atoms with Gasteiger partial charge in [-0.25, -0.2) is 4.39 Å². The predicted molar refractivity (Wildman–Crippen MR) is 57.4 cm³/mol. The van der Waals surface area contributed by atoms with Crippen molar-refractivity contribution in [1.29, 1.82) is 0 Å². The Morgan fingerprint density at radius 3 is 2.87 bits per heavy atom. The Kier molecular flexibility index (Phi) is 2.91. The summed E-state index contributed by atoms with van der Waals surface area (Å²) in [4.78, 5) is 0. The van der Waals surface area contributed by atoms with Gasteiger partial charge in [0.1, 0.15) is 11.6 Å². The highest BCUT2D eigenvalue weighted by molar-refractivity contribution is 5.39. The number of halogens is 1. The van der Waals surface area contributed by atoms with E-state index in [1.165, 1.54) is 12.1 Å². The Morgan fingerprint density at radius 1 is 1.40 bits per heavy atom. The van der Waals surface area contributed by atoms with E-state index in [9.17, 15) is 9.50 Å². The quantitative estimate of drug-likeness (QED) is 0.745. The van der Waals surface area contributed by atoms with Gasteiger partial charge in [0.25, 0.3) is 0 Å². The molecule has 1 unspecified atom stereocenters. The van der Waals surface area contributed by atoms with Crippen LogP contribution in [0.5, 0.6) is 5.75 Å². The molecule has 0 amide bonds. The molecule has 1 aliphatic heterocycles. The zero-order valence-corrected chi connectivity index (χ0v) is 8.89. The summed E-state index contributed by atoms with van der Waals surface area (Å²) in [6, 6.07) is 3.06. The summed E-state index contributed by atoms with van der Waals surface area (Å²) < 4.78 is 13.4. The molecule has 82 valence electrons. The molecule has 0 aromatic heterocycles. The second-order valence-corrected chi connectivity index (χ2v) is 4.16. The number of rotatable bonds is 1. The van der Waals surface area contributed by atoms with Crippen molar-refractivity contribution in [2.75, 3.05) is 6.54 Å². The van der Waals surface area contributed by atoms with Crippen LogP contribution in [0.4, 0.5) is 4.39 Å². The molecule has 1 aromatic carbocycles. The third kappa shape index (κ3) is 2.12. The number of piperidine rings is 1. The number of hydrogen-bond acceptors (Lipinski definition) is 2. The van der Waals surface area contributed by atoms with Crippen LogP contribution in [0.3, 0.4) is 0 Å². The number of phenolic OH excluding ortho intramolecular Hbond substituents is 1. The molecule has 0 saturated carbocycles. The molecule has 0 radical (unpaired) electrons. The maximum Gasteiger partial charge on any atom is 0.126 e. The van der Waals surface area contributed by atoms with E-state index in [-0.39, 0.29) is 17.6 Å². The highest BCUT2D eigenvalue weighted by atomic mass is 19.1. The minimum absolute atomic E-state index is 0.105. The first-order valence-electron chi connectivity index (χ1n) is 5.41. The molecule has 1 saturated heterocycles. The van der Waals surface area contributed by atoms with E-state index < -0.39 is 0 Å². The van der Waals surface area contributed by atoms with Gasteiger partial charge in [-0.15, -0.1) is 0 Å². The summed E-state index contributed by atoms with van der Waals surface area (Å²) in [6.07, 6.45) is 3.26. The summed E-state index contributed by atoms with van der Waals surface area (Å²) in [5.41, 5.74) is 1.19. The van der Waals surface area contributed by atoms with Crippen LogP contribution >= 0.6 is 0 Å². The third-order valence-electron chi connectivity index (χ3n) is 2.99. The average Bonchev–Trinajstić information content (AvgIpc) is 2.25. The van der Waals surface area contributed by atoms with Crippen LogP contribution in [0.1, 0.15) is 36.4 Å². The van der Waals surface area contributed by atoms with Gasteiger partial charge in [-0.05, 0) is 44.0 Å². The van der Waals surface area contributed by atoms with Crippen LogP contribution in [0.2, 0.25) is 0 Å². The highest BCUT2D eigenvalue weighted by Gasteiger charge is 2.19. The zero-order chi connectivity index (χ0) is 10.8. The summed E-state index contributed by atoms with van der Waals surface area (Å²) >= 11 is 0. The lowest BCUT2D eigenvalue weighted by molar-refractivity contribution is 0.388. The van der Waals surface area contributed by atoms with Crippen molar-refractivity contribution in [2.45, 2.75) is 32.2 Å². The normalized spacial score (nSPS) is 21.6. The molecule has 2 rings (SSSR count). The summed E-state index contributed by atoms with van der Waals surface area (Å²) in [6.45, 7) is 2.60. The van der Waals surface area contributed by atoms with E-state index in [1.54, 1.807) is 6.92 Å². The minimum atomic E-state index is -0.241. The third-order valence-corrected chi connectivity index (χ3v) is 2.99. The second-order valence-electron chi connectivity index (χ2n) is 4.16. The molecular weight excluding hydrogens is 193 g/mol. The van der Waals surface area contributed by atoms with Gasteiger partial charge >= 0.3 is 0 Å².